The second-order valence-electron chi connectivity index (χ2n) is 5.86. The van der Waals surface area contributed by atoms with Crippen LogP contribution in [0.25, 0.3) is 0 Å². The van der Waals surface area contributed by atoms with Crippen molar-refractivity contribution in [1.82, 2.24) is 4.90 Å². The monoisotopic (exact) mass is 239 g/mol. The zero-order valence-electron chi connectivity index (χ0n) is 11.1. The van der Waals surface area contributed by atoms with E-state index >= 15 is 0 Å². The first-order valence-corrected chi connectivity index (χ1v) is 7.10. The van der Waals surface area contributed by atoms with Crippen LogP contribution in [0.5, 0.6) is 0 Å². The first kappa shape index (κ1) is 12.9. The molecule has 0 spiro atoms. The lowest BCUT2D eigenvalue weighted by molar-refractivity contribution is -0.143. The number of carbonyl (C=O) groups is 1. The van der Waals surface area contributed by atoms with Crippen LogP contribution >= 0.6 is 0 Å². The van der Waals surface area contributed by atoms with E-state index < -0.39 is 5.97 Å². The van der Waals surface area contributed by atoms with Crippen molar-refractivity contribution in [3.63, 3.8) is 0 Å². The summed E-state index contributed by atoms with van der Waals surface area (Å²) in [4.78, 5) is 13.6. The van der Waals surface area contributed by atoms with Gasteiger partial charge in [0.05, 0.1) is 5.92 Å². The normalized spacial score (nSPS) is 30.6. The maximum absolute atomic E-state index is 11.1. The molecule has 3 unspecified atom stereocenters. The van der Waals surface area contributed by atoms with Gasteiger partial charge in [-0.2, -0.15) is 0 Å². The van der Waals surface area contributed by atoms with E-state index in [-0.39, 0.29) is 12.0 Å². The molecule has 3 heteroatoms. The number of hydrogen-bond acceptors (Lipinski definition) is 2. The third kappa shape index (κ3) is 2.65. The Morgan fingerprint density at radius 1 is 1.18 bits per heavy atom. The fourth-order valence-corrected chi connectivity index (χ4v) is 3.66. The minimum atomic E-state index is -0.658. The second kappa shape index (κ2) is 5.38. The van der Waals surface area contributed by atoms with Gasteiger partial charge in [-0.3, -0.25) is 9.69 Å². The smallest absolute Gasteiger partial charge is 0.307 e. The van der Waals surface area contributed by atoms with Crippen molar-refractivity contribution < 1.29 is 9.90 Å². The third-order valence-electron chi connectivity index (χ3n) is 4.92. The maximum Gasteiger partial charge on any atom is 0.307 e. The van der Waals surface area contributed by atoms with Crippen molar-refractivity contribution in [2.75, 3.05) is 6.54 Å². The molecule has 3 nitrogen and oxygen atoms in total. The van der Waals surface area contributed by atoms with Crippen LogP contribution in [0.3, 0.4) is 0 Å². The molecule has 0 bridgehead atoms. The number of carboxylic acid groups (broad SMARTS) is 1. The summed E-state index contributed by atoms with van der Waals surface area (Å²) in [6.07, 6.45) is 7.99. The molecule has 2 rings (SSSR count). The molecule has 1 heterocycles. The molecule has 0 aromatic heterocycles. The Kier molecular flexibility index (Phi) is 4.08. The second-order valence-corrected chi connectivity index (χ2v) is 5.86. The summed E-state index contributed by atoms with van der Waals surface area (Å²) in [7, 11) is 0. The molecule has 1 aliphatic carbocycles. The van der Waals surface area contributed by atoms with Gasteiger partial charge in [-0.1, -0.05) is 19.8 Å². The minimum Gasteiger partial charge on any atom is -0.481 e. The van der Waals surface area contributed by atoms with Gasteiger partial charge in [0.1, 0.15) is 0 Å². The molecule has 2 aliphatic rings. The van der Waals surface area contributed by atoms with E-state index in [1.165, 1.54) is 38.5 Å². The van der Waals surface area contributed by atoms with E-state index in [1.54, 1.807) is 0 Å². The van der Waals surface area contributed by atoms with Gasteiger partial charge in [-0.05, 0) is 45.1 Å². The quantitative estimate of drug-likeness (QED) is 0.820. The number of aliphatic carboxylic acids is 1. The Morgan fingerprint density at radius 2 is 1.82 bits per heavy atom. The number of likely N-dealkylation sites (tertiary alicyclic amines) is 1. The molecule has 1 aliphatic heterocycles. The van der Waals surface area contributed by atoms with Crippen LogP contribution in [0.15, 0.2) is 0 Å². The van der Waals surface area contributed by atoms with E-state index in [1.807, 2.05) is 6.92 Å². The number of rotatable bonds is 4. The Bertz CT molecular complexity index is 273. The summed E-state index contributed by atoms with van der Waals surface area (Å²) in [6.45, 7) is 5.03. The van der Waals surface area contributed by atoms with E-state index in [9.17, 15) is 4.79 Å². The van der Waals surface area contributed by atoms with E-state index in [0.717, 1.165) is 12.5 Å². The summed E-state index contributed by atoms with van der Waals surface area (Å²) in [6, 6.07) is 0.842. The molecule has 0 amide bonds. The lowest BCUT2D eigenvalue weighted by Gasteiger charge is -2.36. The lowest BCUT2D eigenvalue weighted by atomic mass is 9.93. The molecule has 0 radical (unpaired) electrons. The molecule has 1 saturated carbocycles. The van der Waals surface area contributed by atoms with E-state index in [0.29, 0.717) is 6.04 Å². The molecule has 3 atom stereocenters. The highest BCUT2D eigenvalue weighted by Crippen LogP contribution is 2.37. The van der Waals surface area contributed by atoms with Gasteiger partial charge >= 0.3 is 5.97 Å². The topological polar surface area (TPSA) is 40.5 Å². The predicted octanol–water partition coefficient (Wildman–Crippen LogP) is 2.75. The molecule has 17 heavy (non-hydrogen) atoms. The number of nitrogens with zero attached hydrogens (tertiary/aromatic N) is 1. The van der Waals surface area contributed by atoms with Gasteiger partial charge in [-0.25, -0.2) is 0 Å². The molecular weight excluding hydrogens is 214 g/mol. The summed E-state index contributed by atoms with van der Waals surface area (Å²) >= 11 is 0. The van der Waals surface area contributed by atoms with Crippen LogP contribution in [-0.4, -0.2) is 34.6 Å². The Hall–Kier alpha value is -0.570. The summed E-state index contributed by atoms with van der Waals surface area (Å²) < 4.78 is 0. The maximum atomic E-state index is 11.1. The fraction of sp³-hybridized carbons (Fsp3) is 0.929. The highest BCUT2D eigenvalue weighted by Gasteiger charge is 2.38. The van der Waals surface area contributed by atoms with Crippen molar-refractivity contribution in [1.29, 1.82) is 0 Å². The van der Waals surface area contributed by atoms with E-state index in [4.69, 9.17) is 5.11 Å². The highest BCUT2D eigenvalue weighted by atomic mass is 16.4. The zero-order valence-corrected chi connectivity index (χ0v) is 11.1. The fourth-order valence-electron chi connectivity index (χ4n) is 3.66. The Labute approximate surface area is 104 Å². The van der Waals surface area contributed by atoms with Crippen LogP contribution in [0, 0.1) is 11.8 Å². The predicted molar refractivity (Wildman–Crippen MR) is 67.9 cm³/mol. The molecule has 1 saturated heterocycles. The number of carboxylic acids is 1. The summed E-state index contributed by atoms with van der Waals surface area (Å²) in [5, 5.41) is 9.14. The van der Waals surface area contributed by atoms with Gasteiger partial charge < -0.3 is 5.11 Å². The largest absolute Gasteiger partial charge is 0.481 e. The minimum absolute atomic E-state index is 0.181. The third-order valence-corrected chi connectivity index (χ3v) is 4.92. The van der Waals surface area contributed by atoms with Crippen LogP contribution in [0.2, 0.25) is 0 Å². The van der Waals surface area contributed by atoms with Crippen molar-refractivity contribution in [3.8, 4) is 0 Å². The first-order chi connectivity index (χ1) is 8.11. The SMILES string of the molecule is CC(C(=O)O)C(C)N1CCCC1C1CCCC1. The van der Waals surface area contributed by atoms with Crippen LogP contribution in [0.1, 0.15) is 52.4 Å². The molecule has 0 aromatic carbocycles. The molecule has 2 fully saturated rings. The highest BCUT2D eigenvalue weighted by molar-refractivity contribution is 5.70. The van der Waals surface area contributed by atoms with Crippen LogP contribution < -0.4 is 0 Å². The standard InChI is InChI=1S/C14H25NO2/c1-10(14(16)17)11(2)15-9-5-8-13(15)12-6-3-4-7-12/h10-13H,3-9H2,1-2H3,(H,16,17). The summed E-state index contributed by atoms with van der Waals surface area (Å²) in [5.74, 6) is -0.0764. The van der Waals surface area contributed by atoms with E-state index in [2.05, 4.69) is 11.8 Å². The molecule has 0 aromatic rings. The van der Waals surface area contributed by atoms with Crippen molar-refractivity contribution in [2.45, 2.75) is 64.5 Å². The van der Waals surface area contributed by atoms with Gasteiger partial charge in [0, 0.05) is 12.1 Å². The first-order valence-electron chi connectivity index (χ1n) is 7.10. The van der Waals surface area contributed by atoms with Crippen LogP contribution in [0.4, 0.5) is 0 Å². The molecule has 1 N–H and O–H groups in total. The molecule has 98 valence electrons. The Balaban J connectivity index is 2.00. The van der Waals surface area contributed by atoms with Gasteiger partial charge in [0.2, 0.25) is 0 Å². The van der Waals surface area contributed by atoms with Gasteiger partial charge in [0.15, 0.2) is 0 Å². The Morgan fingerprint density at radius 3 is 2.41 bits per heavy atom. The average molecular weight is 239 g/mol. The number of hydrogen-bond donors (Lipinski definition) is 1. The molecular formula is C14H25NO2. The van der Waals surface area contributed by atoms with Crippen molar-refractivity contribution >= 4 is 5.97 Å². The average Bonchev–Trinajstić information content (AvgIpc) is 2.96. The van der Waals surface area contributed by atoms with Gasteiger partial charge in [-0.15, -0.1) is 0 Å². The van der Waals surface area contributed by atoms with Crippen molar-refractivity contribution in [3.05, 3.63) is 0 Å². The lowest BCUT2D eigenvalue weighted by Crippen LogP contribution is -2.45. The van der Waals surface area contributed by atoms with Crippen molar-refractivity contribution in [2.24, 2.45) is 11.8 Å². The summed E-state index contributed by atoms with van der Waals surface area (Å²) in [5.41, 5.74) is 0. The van der Waals surface area contributed by atoms with Gasteiger partial charge in [0.25, 0.3) is 0 Å². The van der Waals surface area contributed by atoms with Crippen LogP contribution in [-0.2, 0) is 4.79 Å². The zero-order chi connectivity index (χ0) is 12.4.